The van der Waals surface area contributed by atoms with Gasteiger partial charge in [-0.1, -0.05) is 11.6 Å². The number of rotatable bonds is 2. The molecule has 0 aliphatic carbocycles. The molecule has 0 saturated carbocycles. The average molecular weight is 362 g/mol. The van der Waals surface area contributed by atoms with Crippen molar-refractivity contribution in [2.24, 2.45) is 0 Å². The number of nitrogens with zero attached hydrogens (tertiary/aromatic N) is 2. The first-order valence-electron chi connectivity index (χ1n) is 5.02. The van der Waals surface area contributed by atoms with Crippen LogP contribution in [0, 0.1) is 0 Å². The molecule has 0 bridgehead atoms. The van der Waals surface area contributed by atoms with E-state index < -0.39 is 0 Å². The Balaban J connectivity index is 2.28. The lowest BCUT2D eigenvalue weighted by atomic mass is 10.2. The van der Waals surface area contributed by atoms with Gasteiger partial charge >= 0.3 is 0 Å². The van der Waals surface area contributed by atoms with Gasteiger partial charge in [0, 0.05) is 16.2 Å². The lowest BCUT2D eigenvalue weighted by Gasteiger charge is -2.07. The molecule has 1 amide bonds. The van der Waals surface area contributed by atoms with E-state index in [1.54, 1.807) is 18.2 Å². The van der Waals surface area contributed by atoms with Gasteiger partial charge < -0.3 is 11.1 Å². The summed E-state index contributed by atoms with van der Waals surface area (Å²) in [6.07, 6.45) is 0. The minimum atomic E-state index is -0.384. The number of amides is 1. The van der Waals surface area contributed by atoms with Crippen molar-refractivity contribution in [1.82, 2.24) is 9.97 Å². The van der Waals surface area contributed by atoms with E-state index in [2.05, 4.69) is 31.2 Å². The van der Waals surface area contributed by atoms with Crippen LogP contribution in [0.1, 0.15) is 10.4 Å². The normalized spacial score (nSPS) is 10.3. The number of nitrogens with one attached hydrogen (secondary N) is 1. The van der Waals surface area contributed by atoms with E-state index in [0.717, 1.165) is 0 Å². The molecule has 1 aromatic heterocycles. The van der Waals surface area contributed by atoms with Crippen LogP contribution in [0.2, 0.25) is 10.4 Å². The molecule has 0 saturated heterocycles. The standard InChI is InChI=1S/C11H7BrCl2N4O/c12-7-2-1-5(15)3-6(7)10(19)17-9-4-8(13)16-11(14)18-9/h1-4H,15H2,(H,16,17,18,19). The van der Waals surface area contributed by atoms with Gasteiger partial charge in [-0.15, -0.1) is 0 Å². The van der Waals surface area contributed by atoms with Gasteiger partial charge in [0.15, 0.2) is 0 Å². The van der Waals surface area contributed by atoms with Gasteiger partial charge in [0.05, 0.1) is 5.56 Å². The van der Waals surface area contributed by atoms with E-state index in [1.165, 1.54) is 6.07 Å². The molecule has 1 heterocycles. The second-order valence-corrected chi connectivity index (χ2v) is 5.12. The third-order valence-electron chi connectivity index (χ3n) is 2.14. The van der Waals surface area contributed by atoms with Crippen LogP contribution in [-0.4, -0.2) is 15.9 Å². The number of carbonyl (C=O) groups excluding carboxylic acids is 1. The Morgan fingerprint density at radius 2 is 2.00 bits per heavy atom. The monoisotopic (exact) mass is 360 g/mol. The number of hydrogen-bond donors (Lipinski definition) is 2. The van der Waals surface area contributed by atoms with Crippen molar-refractivity contribution in [2.75, 3.05) is 11.1 Å². The second-order valence-electron chi connectivity index (χ2n) is 3.54. The van der Waals surface area contributed by atoms with Crippen LogP contribution in [0.4, 0.5) is 11.5 Å². The van der Waals surface area contributed by atoms with Crippen LogP contribution < -0.4 is 11.1 Å². The van der Waals surface area contributed by atoms with Gasteiger partial charge in [-0.2, -0.15) is 0 Å². The molecule has 0 aliphatic rings. The summed E-state index contributed by atoms with van der Waals surface area (Å²) in [5, 5.41) is 2.66. The predicted octanol–water partition coefficient (Wildman–Crippen LogP) is 3.38. The molecule has 98 valence electrons. The Hall–Kier alpha value is -1.37. The first kappa shape index (κ1) is 14.0. The topological polar surface area (TPSA) is 80.9 Å². The van der Waals surface area contributed by atoms with E-state index in [0.29, 0.717) is 15.7 Å². The third-order valence-corrected chi connectivity index (χ3v) is 3.20. The first-order chi connectivity index (χ1) is 8.95. The van der Waals surface area contributed by atoms with E-state index in [-0.39, 0.29) is 22.2 Å². The van der Waals surface area contributed by atoms with Crippen molar-refractivity contribution in [3.05, 3.63) is 44.7 Å². The van der Waals surface area contributed by atoms with Crippen LogP contribution in [0.25, 0.3) is 0 Å². The molecule has 1 aromatic carbocycles. The summed E-state index contributed by atoms with van der Waals surface area (Å²) in [5.74, 6) is -0.172. The smallest absolute Gasteiger partial charge is 0.258 e. The maximum absolute atomic E-state index is 12.1. The maximum Gasteiger partial charge on any atom is 0.258 e. The molecule has 5 nitrogen and oxygen atoms in total. The second kappa shape index (κ2) is 5.73. The molecule has 0 spiro atoms. The zero-order valence-corrected chi connectivity index (χ0v) is 12.4. The fourth-order valence-electron chi connectivity index (χ4n) is 1.35. The molecule has 0 unspecified atom stereocenters. The van der Waals surface area contributed by atoms with Crippen molar-refractivity contribution in [2.45, 2.75) is 0 Å². The SMILES string of the molecule is Nc1ccc(Br)c(C(=O)Nc2cc(Cl)nc(Cl)n2)c1. The minimum Gasteiger partial charge on any atom is -0.399 e. The highest BCUT2D eigenvalue weighted by Crippen LogP contribution is 2.21. The highest BCUT2D eigenvalue weighted by Gasteiger charge is 2.12. The average Bonchev–Trinajstić information content (AvgIpc) is 2.30. The number of aromatic nitrogens is 2. The van der Waals surface area contributed by atoms with Crippen LogP contribution >= 0.6 is 39.1 Å². The predicted molar refractivity (Wildman–Crippen MR) is 78.6 cm³/mol. The highest BCUT2D eigenvalue weighted by molar-refractivity contribution is 9.10. The summed E-state index contributed by atoms with van der Waals surface area (Å²) in [5.41, 5.74) is 6.50. The van der Waals surface area contributed by atoms with Crippen LogP contribution in [0.5, 0.6) is 0 Å². The van der Waals surface area contributed by atoms with Crippen molar-refractivity contribution in [1.29, 1.82) is 0 Å². The Labute approximate surface area is 127 Å². The summed E-state index contributed by atoms with van der Waals surface area (Å²) in [6, 6.07) is 6.30. The van der Waals surface area contributed by atoms with Gasteiger partial charge in [0.2, 0.25) is 5.28 Å². The number of halogens is 3. The number of nitrogens with two attached hydrogens (primary N) is 1. The number of nitrogen functional groups attached to an aromatic ring is 1. The van der Waals surface area contributed by atoms with Crippen LogP contribution in [0.3, 0.4) is 0 Å². The zero-order chi connectivity index (χ0) is 14.0. The van der Waals surface area contributed by atoms with Crippen LogP contribution in [0.15, 0.2) is 28.7 Å². The fraction of sp³-hybridized carbons (Fsp3) is 0. The van der Waals surface area contributed by atoms with Gasteiger partial charge in [-0.25, -0.2) is 9.97 Å². The fourth-order valence-corrected chi connectivity index (χ4v) is 2.19. The Bertz CT molecular complexity index is 630. The molecule has 2 rings (SSSR count). The largest absolute Gasteiger partial charge is 0.399 e. The lowest BCUT2D eigenvalue weighted by molar-refractivity contribution is 0.102. The Morgan fingerprint density at radius 1 is 1.26 bits per heavy atom. The molecule has 19 heavy (non-hydrogen) atoms. The molecule has 8 heteroatoms. The molecule has 0 fully saturated rings. The molecular formula is C11H7BrCl2N4O. The summed E-state index contributed by atoms with van der Waals surface area (Å²) in [7, 11) is 0. The maximum atomic E-state index is 12.1. The number of hydrogen-bond acceptors (Lipinski definition) is 4. The van der Waals surface area contributed by atoms with Gasteiger partial charge in [-0.05, 0) is 45.7 Å². The van der Waals surface area contributed by atoms with Gasteiger partial charge in [0.25, 0.3) is 5.91 Å². The van der Waals surface area contributed by atoms with Crippen molar-refractivity contribution in [3.63, 3.8) is 0 Å². The molecular weight excluding hydrogens is 355 g/mol. The summed E-state index contributed by atoms with van der Waals surface area (Å²) >= 11 is 14.6. The zero-order valence-electron chi connectivity index (χ0n) is 9.32. The Kier molecular flexibility index (Phi) is 4.24. The molecule has 0 atom stereocenters. The van der Waals surface area contributed by atoms with Crippen molar-refractivity contribution in [3.8, 4) is 0 Å². The van der Waals surface area contributed by atoms with Gasteiger partial charge in [-0.3, -0.25) is 4.79 Å². The Morgan fingerprint density at radius 3 is 2.68 bits per heavy atom. The number of anilines is 2. The molecule has 3 N–H and O–H groups in total. The summed E-state index contributed by atoms with van der Waals surface area (Å²) < 4.78 is 0.616. The minimum absolute atomic E-state index is 0.0468. The quantitative estimate of drug-likeness (QED) is 0.488. The van der Waals surface area contributed by atoms with Crippen LogP contribution in [-0.2, 0) is 0 Å². The van der Waals surface area contributed by atoms with Crippen molar-refractivity contribution < 1.29 is 4.79 Å². The van der Waals surface area contributed by atoms with E-state index in [4.69, 9.17) is 28.9 Å². The van der Waals surface area contributed by atoms with E-state index in [1.807, 2.05) is 0 Å². The molecule has 0 aliphatic heterocycles. The summed E-state index contributed by atoms with van der Waals surface area (Å²) in [6.45, 7) is 0. The third kappa shape index (κ3) is 3.56. The molecule has 2 aromatic rings. The molecule has 0 radical (unpaired) electrons. The van der Waals surface area contributed by atoms with Gasteiger partial charge in [0.1, 0.15) is 11.0 Å². The number of carbonyl (C=O) groups is 1. The van der Waals surface area contributed by atoms with E-state index >= 15 is 0 Å². The van der Waals surface area contributed by atoms with Crippen molar-refractivity contribution >= 4 is 56.5 Å². The van der Waals surface area contributed by atoms with E-state index in [9.17, 15) is 4.79 Å². The lowest BCUT2D eigenvalue weighted by Crippen LogP contribution is -2.14. The first-order valence-corrected chi connectivity index (χ1v) is 6.57. The highest BCUT2D eigenvalue weighted by atomic mass is 79.9. The summed E-state index contributed by atoms with van der Waals surface area (Å²) in [4.78, 5) is 19.6. The number of benzene rings is 1.